The largest absolute Gasteiger partial charge is 0.294 e. The van der Waals surface area contributed by atoms with Gasteiger partial charge in [-0.3, -0.25) is 9.78 Å². The smallest absolute Gasteiger partial charge is 0.160 e. The molecule has 0 bridgehead atoms. The van der Waals surface area contributed by atoms with E-state index in [2.05, 4.69) is 21.3 Å². The summed E-state index contributed by atoms with van der Waals surface area (Å²) in [5.41, 5.74) is 1.91. The second-order valence-electron chi connectivity index (χ2n) is 4.51. The summed E-state index contributed by atoms with van der Waals surface area (Å²) in [5, 5.41) is 12.1. The highest BCUT2D eigenvalue weighted by atomic mass is 16.1. The minimum absolute atomic E-state index is 0.107. The molecule has 4 heteroatoms. The minimum Gasteiger partial charge on any atom is -0.294 e. The van der Waals surface area contributed by atoms with Gasteiger partial charge in [-0.2, -0.15) is 5.10 Å². The van der Waals surface area contributed by atoms with Gasteiger partial charge in [0, 0.05) is 18.2 Å². The third-order valence-electron chi connectivity index (χ3n) is 3.39. The van der Waals surface area contributed by atoms with Gasteiger partial charge in [-0.25, -0.2) is 0 Å². The van der Waals surface area contributed by atoms with Gasteiger partial charge in [-0.1, -0.05) is 12.2 Å². The van der Waals surface area contributed by atoms with Crippen LogP contribution in [0, 0.1) is 10.6 Å². The Labute approximate surface area is 102 Å². The lowest BCUT2D eigenvalue weighted by atomic mass is 9.99. The maximum absolute atomic E-state index is 11.5. The number of allylic oxidation sites excluding steroid dienone is 1. The molecule has 0 unspecified atom stereocenters. The lowest BCUT2D eigenvalue weighted by molar-refractivity contribution is -0.114. The first kappa shape index (κ1) is 9.65. The number of rotatable bonds is 0. The molecule has 18 heavy (non-hydrogen) atoms. The lowest BCUT2D eigenvalue weighted by Gasteiger charge is -2.04. The zero-order valence-electron chi connectivity index (χ0n) is 9.55. The number of ketones is 1. The summed E-state index contributed by atoms with van der Waals surface area (Å²) in [6, 6.07) is 0. The second-order valence-corrected chi connectivity index (χ2v) is 4.51. The van der Waals surface area contributed by atoms with Crippen LogP contribution in [0.2, 0.25) is 0 Å². The van der Waals surface area contributed by atoms with E-state index in [1.54, 1.807) is 12.3 Å². The van der Waals surface area contributed by atoms with Gasteiger partial charge in [0.1, 0.15) is 5.35 Å². The Bertz CT molecular complexity index is 896. The van der Waals surface area contributed by atoms with E-state index in [1.807, 2.05) is 12.2 Å². The molecule has 0 amide bonds. The first-order chi connectivity index (χ1) is 8.83. The number of nitrogens with zero attached hydrogens (tertiary/aromatic N) is 3. The van der Waals surface area contributed by atoms with Crippen molar-refractivity contribution in [1.29, 1.82) is 0 Å². The molecule has 0 aromatic carbocycles. The number of fused-ring (bicyclic) bond motifs is 2. The van der Waals surface area contributed by atoms with Crippen molar-refractivity contribution in [3.05, 3.63) is 44.7 Å². The van der Waals surface area contributed by atoms with Gasteiger partial charge in [-0.15, -0.1) is 5.10 Å². The zero-order chi connectivity index (χ0) is 12.1. The summed E-state index contributed by atoms with van der Waals surface area (Å²) in [6.45, 7) is 0. The van der Waals surface area contributed by atoms with Gasteiger partial charge in [0.2, 0.25) is 0 Å². The van der Waals surface area contributed by atoms with Crippen LogP contribution in [0.3, 0.4) is 0 Å². The fourth-order valence-corrected chi connectivity index (χ4v) is 2.53. The Kier molecular flexibility index (Phi) is 1.78. The Balaban J connectivity index is 2.33. The predicted molar refractivity (Wildman–Crippen MR) is 65.7 cm³/mol. The molecule has 2 aliphatic heterocycles. The average Bonchev–Trinajstić information content (AvgIpc) is 2.73. The van der Waals surface area contributed by atoms with Gasteiger partial charge in [-0.05, 0) is 24.1 Å². The molecule has 0 fully saturated rings. The molecule has 0 saturated carbocycles. The molecule has 0 aromatic heterocycles. The summed E-state index contributed by atoms with van der Waals surface area (Å²) < 4.78 is 0. The molecule has 0 saturated heterocycles. The highest BCUT2D eigenvalue weighted by Crippen LogP contribution is 2.15. The van der Waals surface area contributed by atoms with Crippen molar-refractivity contribution >= 4 is 24.0 Å². The molecule has 0 atom stereocenters. The maximum atomic E-state index is 11.5. The van der Waals surface area contributed by atoms with E-state index >= 15 is 0 Å². The SMILES string of the molecule is O=C1C=Cc2c(cnc3c4c(nnc2=4)=CCC=3)C1. The Morgan fingerprint density at radius 2 is 1.94 bits per heavy atom. The second kappa shape index (κ2) is 3.32. The van der Waals surface area contributed by atoms with Crippen LogP contribution in [0.1, 0.15) is 17.5 Å². The van der Waals surface area contributed by atoms with Gasteiger partial charge < -0.3 is 0 Å². The van der Waals surface area contributed by atoms with Gasteiger partial charge in [0.15, 0.2) is 5.78 Å². The zero-order valence-corrected chi connectivity index (χ0v) is 9.55. The van der Waals surface area contributed by atoms with Crippen LogP contribution in [-0.2, 0) is 11.2 Å². The van der Waals surface area contributed by atoms with Crippen LogP contribution in [0.4, 0.5) is 0 Å². The molecule has 0 spiro atoms. The number of carbonyl (C=O) groups excluding carboxylic acids is 1. The van der Waals surface area contributed by atoms with E-state index in [0.29, 0.717) is 6.42 Å². The van der Waals surface area contributed by atoms with E-state index in [9.17, 15) is 4.79 Å². The van der Waals surface area contributed by atoms with Crippen LogP contribution in [0.15, 0.2) is 12.3 Å². The number of hydrogen-bond acceptors (Lipinski definition) is 4. The molecular formula is C14H9N3O. The van der Waals surface area contributed by atoms with Crippen LogP contribution in [-0.4, -0.2) is 21.0 Å². The van der Waals surface area contributed by atoms with Crippen LogP contribution in [0.5, 0.6) is 0 Å². The molecule has 4 rings (SSSR count). The van der Waals surface area contributed by atoms with E-state index in [0.717, 1.165) is 38.8 Å². The van der Waals surface area contributed by atoms with Crippen molar-refractivity contribution in [3.8, 4) is 0 Å². The van der Waals surface area contributed by atoms with Crippen molar-refractivity contribution in [3.63, 3.8) is 0 Å². The Morgan fingerprint density at radius 1 is 1.06 bits per heavy atom. The van der Waals surface area contributed by atoms with Crippen molar-refractivity contribution in [1.82, 2.24) is 15.2 Å². The first-order valence-electron chi connectivity index (χ1n) is 5.88. The van der Waals surface area contributed by atoms with E-state index in [4.69, 9.17) is 0 Å². The molecule has 2 aliphatic carbocycles. The van der Waals surface area contributed by atoms with E-state index in [-0.39, 0.29) is 5.78 Å². The number of carbonyl (C=O) groups is 1. The topological polar surface area (TPSA) is 55.7 Å². The summed E-state index contributed by atoms with van der Waals surface area (Å²) >= 11 is 0. The summed E-state index contributed by atoms with van der Waals surface area (Å²) in [6.07, 6.45) is 10.6. The fraction of sp³-hybridized carbons (Fsp3) is 0.143. The van der Waals surface area contributed by atoms with E-state index in [1.165, 1.54) is 0 Å². The normalized spacial score (nSPS) is 16.1. The maximum Gasteiger partial charge on any atom is 0.160 e. The van der Waals surface area contributed by atoms with Crippen molar-refractivity contribution in [2.45, 2.75) is 12.8 Å². The predicted octanol–water partition coefficient (Wildman–Crippen LogP) is -0.301. The summed E-state index contributed by atoms with van der Waals surface area (Å²) in [5.74, 6) is 0.107. The molecule has 2 heterocycles. The molecule has 86 valence electrons. The quantitative estimate of drug-likeness (QED) is 0.629. The van der Waals surface area contributed by atoms with Gasteiger partial charge in [0.25, 0.3) is 0 Å². The molecule has 0 aromatic rings. The number of hydrogen-bond donors (Lipinski definition) is 0. The Morgan fingerprint density at radius 3 is 2.89 bits per heavy atom. The van der Waals surface area contributed by atoms with Crippen LogP contribution in [0.25, 0.3) is 18.2 Å². The molecule has 4 nitrogen and oxygen atoms in total. The molecule has 0 radical (unpaired) electrons. The van der Waals surface area contributed by atoms with E-state index < -0.39 is 0 Å². The fourth-order valence-electron chi connectivity index (χ4n) is 2.53. The third-order valence-corrected chi connectivity index (χ3v) is 3.39. The molecular weight excluding hydrogens is 226 g/mol. The minimum atomic E-state index is 0.107. The molecule has 0 N–H and O–H groups in total. The lowest BCUT2D eigenvalue weighted by Crippen LogP contribution is -2.19. The highest BCUT2D eigenvalue weighted by Gasteiger charge is 2.14. The monoisotopic (exact) mass is 235 g/mol. The van der Waals surface area contributed by atoms with Crippen molar-refractivity contribution < 1.29 is 4.79 Å². The van der Waals surface area contributed by atoms with Gasteiger partial charge in [0.05, 0.1) is 15.9 Å². The van der Waals surface area contributed by atoms with Crippen molar-refractivity contribution in [2.24, 2.45) is 0 Å². The first-order valence-corrected chi connectivity index (χ1v) is 5.88. The van der Waals surface area contributed by atoms with Gasteiger partial charge >= 0.3 is 0 Å². The standard InChI is InChI=1S/C14H9N3O/c18-9-4-5-10-8(6-9)7-15-11-2-1-3-12-13(11)14(10)17-16-12/h2-5,7H,1,6H2. The summed E-state index contributed by atoms with van der Waals surface area (Å²) in [4.78, 5) is 15.9. The molecule has 4 aliphatic rings. The highest BCUT2D eigenvalue weighted by molar-refractivity contribution is 5.98. The van der Waals surface area contributed by atoms with Crippen LogP contribution >= 0.6 is 0 Å². The average molecular weight is 235 g/mol. The third kappa shape index (κ3) is 1.20. The van der Waals surface area contributed by atoms with Crippen LogP contribution < -0.4 is 10.7 Å². The summed E-state index contributed by atoms with van der Waals surface area (Å²) in [7, 11) is 0. The van der Waals surface area contributed by atoms with Crippen molar-refractivity contribution in [2.75, 3.05) is 0 Å². The number of aromatic nitrogens is 3. The Hall–Kier alpha value is -2.36.